The van der Waals surface area contributed by atoms with Gasteiger partial charge in [-0.05, 0) is 97.2 Å². The van der Waals surface area contributed by atoms with Crippen LogP contribution in [0.2, 0.25) is 0 Å². The Labute approximate surface area is 322 Å². The third kappa shape index (κ3) is 6.43. The molecule has 0 aliphatic carbocycles. The van der Waals surface area contributed by atoms with Gasteiger partial charge in [0.2, 0.25) is 0 Å². The van der Waals surface area contributed by atoms with Crippen molar-refractivity contribution < 1.29 is 0 Å². The van der Waals surface area contributed by atoms with Crippen molar-refractivity contribution in [1.82, 2.24) is 24.4 Å². The average Bonchev–Trinajstić information content (AvgIpc) is 3.99. The summed E-state index contributed by atoms with van der Waals surface area (Å²) in [7, 11) is 6.64. The van der Waals surface area contributed by atoms with Gasteiger partial charge in [0, 0.05) is 56.5 Å². The van der Waals surface area contributed by atoms with E-state index in [1.165, 1.54) is 22.4 Å². The molecule has 5 heteroatoms. The van der Waals surface area contributed by atoms with E-state index in [-0.39, 0.29) is 0 Å². The molecule has 0 fully saturated rings. The normalized spacial score (nSPS) is 12.4. The quantitative estimate of drug-likeness (QED) is 0.174. The van der Waals surface area contributed by atoms with E-state index < -0.39 is 0 Å². The van der Waals surface area contributed by atoms with Gasteiger partial charge in [-0.2, -0.15) is 0 Å². The fraction of sp³-hybridized carbons (Fsp3) is 0.120. The van der Waals surface area contributed by atoms with E-state index >= 15 is 0 Å². The molecule has 7 aromatic rings. The molecule has 0 saturated heterocycles. The number of quaternary nitrogens is 1. The van der Waals surface area contributed by atoms with Crippen LogP contribution in [0.5, 0.6) is 0 Å². The summed E-state index contributed by atoms with van der Waals surface area (Å²) in [6, 6.07) is 43.5. The number of nitrogens with zero attached hydrogens (tertiary/aromatic N) is 3. The molecule has 0 spiro atoms. The van der Waals surface area contributed by atoms with E-state index in [1.54, 1.807) is 0 Å². The van der Waals surface area contributed by atoms with E-state index in [4.69, 9.17) is 9.97 Å². The Kier molecular flexibility index (Phi) is 8.33. The van der Waals surface area contributed by atoms with E-state index in [0.717, 1.165) is 89.4 Å². The van der Waals surface area contributed by atoms with Crippen LogP contribution in [-0.4, -0.2) is 41.1 Å². The molecule has 9 rings (SSSR count). The van der Waals surface area contributed by atoms with Crippen molar-refractivity contribution >= 4 is 52.1 Å². The van der Waals surface area contributed by atoms with Gasteiger partial charge in [0.15, 0.2) is 0 Å². The highest BCUT2D eigenvalue weighted by molar-refractivity contribution is 6.00. The zero-order valence-electron chi connectivity index (χ0n) is 32.2. The monoisotopic (exact) mass is 714 g/mol. The molecule has 0 radical (unpaired) electrons. The average molecular weight is 715 g/mol. The lowest BCUT2D eigenvalue weighted by molar-refractivity contribution is 0.486. The fourth-order valence-electron chi connectivity index (χ4n) is 8.04. The molecule has 2 aliphatic rings. The van der Waals surface area contributed by atoms with Crippen LogP contribution in [0.4, 0.5) is 5.69 Å². The predicted molar refractivity (Wildman–Crippen MR) is 234 cm³/mol. The maximum Gasteiger partial charge on any atom is 0.133 e. The Balaban J connectivity index is 1.48. The first-order chi connectivity index (χ1) is 26.6. The van der Waals surface area contributed by atoms with Crippen LogP contribution >= 0.6 is 0 Å². The van der Waals surface area contributed by atoms with Crippen molar-refractivity contribution in [3.63, 3.8) is 0 Å². The van der Waals surface area contributed by atoms with Gasteiger partial charge < -0.3 is 9.97 Å². The Morgan fingerprint density at radius 1 is 0.382 bits per heavy atom. The van der Waals surface area contributed by atoms with Gasteiger partial charge >= 0.3 is 0 Å². The van der Waals surface area contributed by atoms with Crippen LogP contribution in [0, 0.1) is 20.8 Å². The minimum absolute atomic E-state index is 0.705. The molecule has 2 N–H and O–H groups in total. The first-order valence-corrected chi connectivity index (χ1v) is 18.9. The lowest BCUT2D eigenvalue weighted by atomic mass is 9.99. The third-order valence-electron chi connectivity index (χ3n) is 10.5. The first kappa shape index (κ1) is 34.2. The highest BCUT2D eigenvalue weighted by Crippen LogP contribution is 2.39. The maximum absolute atomic E-state index is 5.49. The van der Waals surface area contributed by atoms with Crippen molar-refractivity contribution in [2.75, 3.05) is 21.1 Å². The Bertz CT molecular complexity index is 2810. The van der Waals surface area contributed by atoms with Crippen molar-refractivity contribution in [1.29, 1.82) is 0 Å². The molecule has 0 atom stereocenters. The molecule has 5 heterocycles. The van der Waals surface area contributed by atoms with Crippen LogP contribution in [0.3, 0.4) is 0 Å². The van der Waals surface area contributed by atoms with E-state index in [2.05, 4.69) is 198 Å². The Morgan fingerprint density at radius 2 is 0.727 bits per heavy atom. The van der Waals surface area contributed by atoms with Crippen molar-refractivity contribution in [2.45, 2.75) is 20.8 Å². The number of nitrogens with one attached hydrogen (secondary N) is 2. The summed E-state index contributed by atoms with van der Waals surface area (Å²) in [6.07, 6.45) is 8.66. The van der Waals surface area contributed by atoms with Gasteiger partial charge in [-0.3, -0.25) is 4.48 Å². The number of rotatable bonds is 5. The molecule has 268 valence electrons. The molecule has 55 heavy (non-hydrogen) atoms. The Hall–Kier alpha value is -6.56. The topological polar surface area (TPSA) is 57.4 Å². The molecule has 5 nitrogen and oxygen atoms in total. The molecule has 0 unspecified atom stereocenters. The SMILES string of the molecule is Cc1cc(C)cc(-c2c3nc(c(-c4ccccc4)c4ccc([nH]4)c(-c4cc(C)cc([N+](C)(C)C)c4)c4nc(c(-c5ccccc5)c5ccc2[nH]5)C=C4)C=C3)c1. The summed E-state index contributed by atoms with van der Waals surface area (Å²) >= 11 is 0. The number of aryl methyl sites for hydroxylation is 3. The summed E-state index contributed by atoms with van der Waals surface area (Å²) in [5.41, 5.74) is 21.1. The van der Waals surface area contributed by atoms with Crippen molar-refractivity contribution in [3.8, 4) is 44.5 Å². The summed E-state index contributed by atoms with van der Waals surface area (Å²) in [4.78, 5) is 18.7. The second kappa shape index (κ2) is 13.4. The van der Waals surface area contributed by atoms with E-state index in [9.17, 15) is 0 Å². The number of aromatic amines is 2. The number of hydrogen-bond acceptors (Lipinski definition) is 2. The van der Waals surface area contributed by atoms with Gasteiger partial charge in [0.05, 0.1) is 43.9 Å². The zero-order valence-corrected chi connectivity index (χ0v) is 32.2. The van der Waals surface area contributed by atoms with Crippen LogP contribution in [0.15, 0.2) is 121 Å². The predicted octanol–water partition coefficient (Wildman–Crippen LogP) is 12.4. The molecule has 4 aromatic carbocycles. The smallest absolute Gasteiger partial charge is 0.133 e. The van der Waals surface area contributed by atoms with E-state index in [0.29, 0.717) is 4.48 Å². The second-order valence-corrected chi connectivity index (χ2v) is 15.7. The van der Waals surface area contributed by atoms with Crippen LogP contribution in [0.1, 0.15) is 39.5 Å². The fourth-order valence-corrected chi connectivity index (χ4v) is 8.04. The highest BCUT2D eigenvalue weighted by Gasteiger charge is 2.21. The Morgan fingerprint density at radius 3 is 1.11 bits per heavy atom. The number of hydrogen-bond donors (Lipinski definition) is 2. The van der Waals surface area contributed by atoms with Gasteiger partial charge in [-0.25, -0.2) is 9.97 Å². The minimum Gasteiger partial charge on any atom is -0.354 e. The molecular weight excluding hydrogens is 671 g/mol. The standard InChI is InChI=1S/C50H44N5/c1-31-25-32(2)27-36(26-31)49-43-21-17-39(51-43)47(34-13-9-7-10-14-34)41-19-23-45(53-41)50(37-28-33(3)29-38(30-37)55(4,5)6)46-24-20-42(54-46)48(35-15-11-8-12-16-35)40-18-22-44(49)52-40/h7-30,51,54H,1-6H3/q+1. The lowest BCUT2D eigenvalue weighted by Crippen LogP contribution is -2.34. The number of H-pyrrole nitrogens is 2. The zero-order chi connectivity index (χ0) is 37.8. The number of aromatic nitrogens is 4. The van der Waals surface area contributed by atoms with Gasteiger partial charge in [-0.15, -0.1) is 0 Å². The van der Waals surface area contributed by atoms with Gasteiger partial charge in [-0.1, -0.05) is 96.1 Å². The van der Waals surface area contributed by atoms with Crippen molar-refractivity contribution in [3.05, 3.63) is 161 Å². The van der Waals surface area contributed by atoms with Crippen LogP contribution in [0.25, 0.3) is 90.9 Å². The second-order valence-electron chi connectivity index (χ2n) is 15.7. The molecule has 2 aliphatic heterocycles. The molecule has 3 aromatic heterocycles. The van der Waals surface area contributed by atoms with Gasteiger partial charge in [0.1, 0.15) is 5.69 Å². The minimum atomic E-state index is 0.705. The summed E-state index contributed by atoms with van der Waals surface area (Å²) < 4.78 is 0.705. The molecule has 0 amide bonds. The third-order valence-corrected chi connectivity index (χ3v) is 10.5. The number of benzene rings is 4. The maximum atomic E-state index is 5.49. The molecule has 8 bridgehead atoms. The summed E-state index contributed by atoms with van der Waals surface area (Å²) in [5.74, 6) is 0. The molecular formula is C50H44N5+. The van der Waals surface area contributed by atoms with E-state index in [1.807, 2.05) is 0 Å². The van der Waals surface area contributed by atoms with Crippen LogP contribution < -0.4 is 4.48 Å². The largest absolute Gasteiger partial charge is 0.354 e. The number of fused-ring (bicyclic) bond motifs is 8. The van der Waals surface area contributed by atoms with Crippen LogP contribution in [-0.2, 0) is 0 Å². The highest BCUT2D eigenvalue weighted by atomic mass is 15.3. The molecule has 0 saturated carbocycles. The summed E-state index contributed by atoms with van der Waals surface area (Å²) in [5, 5.41) is 0. The summed E-state index contributed by atoms with van der Waals surface area (Å²) in [6.45, 7) is 6.49. The van der Waals surface area contributed by atoms with Gasteiger partial charge in [0.25, 0.3) is 0 Å². The first-order valence-electron chi connectivity index (χ1n) is 18.9. The lowest BCUT2D eigenvalue weighted by Gasteiger charge is -2.24. The van der Waals surface area contributed by atoms with Crippen molar-refractivity contribution in [2.24, 2.45) is 0 Å².